The van der Waals surface area contributed by atoms with Gasteiger partial charge >= 0.3 is 12.1 Å². The lowest BCUT2D eigenvalue weighted by molar-refractivity contribution is -0.145. The maximum atomic E-state index is 13.4. The van der Waals surface area contributed by atoms with Crippen molar-refractivity contribution in [1.82, 2.24) is 4.57 Å². The number of aromatic nitrogens is 1. The third-order valence-electron chi connectivity index (χ3n) is 4.64. The molecule has 4 nitrogen and oxygen atoms in total. The number of methoxy groups -OCH3 is 1. The first kappa shape index (κ1) is 20.1. The van der Waals surface area contributed by atoms with Gasteiger partial charge in [-0.2, -0.15) is 13.2 Å². The molecule has 0 aliphatic rings. The van der Waals surface area contributed by atoms with E-state index in [0.29, 0.717) is 29.4 Å². The van der Waals surface area contributed by atoms with Crippen molar-refractivity contribution in [3.63, 3.8) is 0 Å². The fourth-order valence-corrected chi connectivity index (χ4v) is 3.50. The first-order chi connectivity index (χ1) is 12.2. The van der Waals surface area contributed by atoms with Crippen LogP contribution in [0.25, 0.3) is 10.9 Å². The summed E-state index contributed by atoms with van der Waals surface area (Å²) in [6, 6.07) is 2.49. The van der Waals surface area contributed by atoms with Crippen LogP contribution in [-0.4, -0.2) is 24.3 Å². The van der Waals surface area contributed by atoms with E-state index < -0.39 is 17.7 Å². The first-order valence-corrected chi connectivity index (χ1v) is 8.65. The van der Waals surface area contributed by atoms with Crippen molar-refractivity contribution < 1.29 is 27.4 Å². The Morgan fingerprint density at radius 1 is 1.23 bits per heavy atom. The van der Waals surface area contributed by atoms with E-state index >= 15 is 0 Å². The van der Waals surface area contributed by atoms with E-state index in [1.165, 1.54) is 13.2 Å². The van der Waals surface area contributed by atoms with E-state index in [0.717, 1.165) is 11.8 Å². The molecule has 2 rings (SSSR count). The van der Waals surface area contributed by atoms with Gasteiger partial charge in [0.05, 0.1) is 25.2 Å². The summed E-state index contributed by atoms with van der Waals surface area (Å²) in [5, 5.41) is 0.592. The summed E-state index contributed by atoms with van der Waals surface area (Å²) >= 11 is 0. The number of hydrogen-bond acceptors (Lipinski definition) is 3. The number of carbonyl (C=O) groups is 1. The molecule has 26 heavy (non-hydrogen) atoms. The SMILES string of the molecule is CCOC(=O)C(CC)c1c(C)n(CC)c2cc(C(F)(F)F)c(OC)cc12. The van der Waals surface area contributed by atoms with Crippen molar-refractivity contribution in [2.75, 3.05) is 13.7 Å². The van der Waals surface area contributed by atoms with Gasteiger partial charge in [-0.15, -0.1) is 0 Å². The number of nitrogens with zero attached hydrogens (tertiary/aromatic N) is 1. The molecule has 2 aromatic rings. The lowest BCUT2D eigenvalue weighted by Gasteiger charge is -2.16. The summed E-state index contributed by atoms with van der Waals surface area (Å²) in [6.07, 6.45) is -4.03. The molecule has 7 heteroatoms. The molecular formula is C19H24F3NO3. The summed E-state index contributed by atoms with van der Waals surface area (Å²) in [4.78, 5) is 12.4. The van der Waals surface area contributed by atoms with Crippen LogP contribution in [0.15, 0.2) is 12.1 Å². The second-order valence-electron chi connectivity index (χ2n) is 6.02. The van der Waals surface area contributed by atoms with E-state index in [1.807, 2.05) is 20.8 Å². The number of halogens is 3. The van der Waals surface area contributed by atoms with E-state index in [-0.39, 0.29) is 18.3 Å². The van der Waals surface area contributed by atoms with Crippen molar-refractivity contribution in [2.45, 2.75) is 52.8 Å². The van der Waals surface area contributed by atoms with Crippen LogP contribution in [0.3, 0.4) is 0 Å². The predicted octanol–water partition coefficient (Wildman–Crippen LogP) is 5.05. The van der Waals surface area contributed by atoms with Crippen LogP contribution in [-0.2, 0) is 22.3 Å². The molecule has 144 valence electrons. The topological polar surface area (TPSA) is 40.5 Å². The highest BCUT2D eigenvalue weighted by Gasteiger charge is 2.36. The highest BCUT2D eigenvalue weighted by atomic mass is 19.4. The van der Waals surface area contributed by atoms with Crippen LogP contribution in [0.4, 0.5) is 13.2 Å². The maximum Gasteiger partial charge on any atom is 0.420 e. The Morgan fingerprint density at radius 2 is 1.88 bits per heavy atom. The average molecular weight is 371 g/mol. The van der Waals surface area contributed by atoms with E-state index in [9.17, 15) is 18.0 Å². The summed E-state index contributed by atoms with van der Waals surface area (Å²) in [6.45, 7) is 8.01. The van der Waals surface area contributed by atoms with Crippen LogP contribution >= 0.6 is 0 Å². The lowest BCUT2D eigenvalue weighted by atomic mass is 9.93. The third-order valence-corrected chi connectivity index (χ3v) is 4.64. The molecule has 0 bridgehead atoms. The van der Waals surface area contributed by atoms with Gasteiger partial charge in [0.1, 0.15) is 5.75 Å². The number of carbonyl (C=O) groups excluding carboxylic acids is 1. The lowest BCUT2D eigenvalue weighted by Crippen LogP contribution is -2.16. The largest absolute Gasteiger partial charge is 0.496 e. The minimum atomic E-state index is -4.53. The average Bonchev–Trinajstić information content (AvgIpc) is 2.85. The Bertz CT molecular complexity index is 809. The molecule has 0 aliphatic carbocycles. The molecule has 0 amide bonds. The highest BCUT2D eigenvalue weighted by Crippen LogP contribution is 2.42. The second kappa shape index (κ2) is 7.60. The van der Waals surface area contributed by atoms with Gasteiger partial charge in [-0.3, -0.25) is 4.79 Å². The van der Waals surface area contributed by atoms with Crippen molar-refractivity contribution in [3.8, 4) is 5.75 Å². The zero-order valence-electron chi connectivity index (χ0n) is 15.7. The molecule has 1 heterocycles. The van der Waals surface area contributed by atoms with Crippen LogP contribution in [0, 0.1) is 6.92 Å². The molecule has 1 unspecified atom stereocenters. The highest BCUT2D eigenvalue weighted by molar-refractivity contribution is 5.93. The van der Waals surface area contributed by atoms with Gasteiger partial charge in [-0.05, 0) is 44.9 Å². The molecule has 0 radical (unpaired) electrons. The first-order valence-electron chi connectivity index (χ1n) is 8.65. The van der Waals surface area contributed by atoms with E-state index in [4.69, 9.17) is 9.47 Å². The zero-order chi connectivity index (χ0) is 19.6. The number of fused-ring (bicyclic) bond motifs is 1. The fraction of sp³-hybridized carbons (Fsp3) is 0.526. The van der Waals surface area contributed by atoms with Crippen LogP contribution in [0.5, 0.6) is 5.75 Å². The summed E-state index contributed by atoms with van der Waals surface area (Å²) < 4.78 is 52.1. The van der Waals surface area contributed by atoms with Crippen LogP contribution in [0.2, 0.25) is 0 Å². The van der Waals surface area contributed by atoms with Crippen molar-refractivity contribution in [2.24, 2.45) is 0 Å². The smallest absolute Gasteiger partial charge is 0.420 e. The molecular weight excluding hydrogens is 347 g/mol. The second-order valence-corrected chi connectivity index (χ2v) is 6.02. The molecule has 1 aromatic carbocycles. The number of aryl methyl sites for hydroxylation is 1. The molecule has 0 saturated heterocycles. The zero-order valence-corrected chi connectivity index (χ0v) is 15.7. The molecule has 0 spiro atoms. The molecule has 0 N–H and O–H groups in total. The van der Waals surface area contributed by atoms with Crippen molar-refractivity contribution >= 4 is 16.9 Å². The standard InChI is InChI=1S/C19H24F3NO3/c1-6-12(18(24)26-8-3)17-11(4)23(7-2)15-10-14(19(20,21)22)16(25-5)9-13(15)17/h9-10,12H,6-8H2,1-5H3. The molecule has 0 fully saturated rings. The van der Waals surface area contributed by atoms with Gasteiger partial charge < -0.3 is 14.0 Å². The van der Waals surface area contributed by atoms with Crippen LogP contribution < -0.4 is 4.74 Å². The minimum Gasteiger partial charge on any atom is -0.496 e. The van der Waals surface area contributed by atoms with Crippen LogP contribution in [0.1, 0.15) is 49.9 Å². The van der Waals surface area contributed by atoms with Gasteiger partial charge in [-0.25, -0.2) is 0 Å². The molecule has 0 saturated carbocycles. The summed E-state index contributed by atoms with van der Waals surface area (Å²) in [5.41, 5.74) is 1.09. The predicted molar refractivity (Wildman–Crippen MR) is 93.6 cm³/mol. The number of esters is 1. The van der Waals surface area contributed by atoms with Gasteiger partial charge in [0.25, 0.3) is 0 Å². The van der Waals surface area contributed by atoms with Gasteiger partial charge in [0.15, 0.2) is 0 Å². The monoisotopic (exact) mass is 371 g/mol. The maximum absolute atomic E-state index is 13.4. The Kier molecular flexibility index (Phi) is 5.88. The Balaban J connectivity index is 2.83. The normalized spacial score (nSPS) is 13.1. The summed E-state index contributed by atoms with van der Waals surface area (Å²) in [5.74, 6) is -1.16. The Morgan fingerprint density at radius 3 is 2.35 bits per heavy atom. The van der Waals surface area contributed by atoms with Crippen molar-refractivity contribution in [1.29, 1.82) is 0 Å². The van der Waals surface area contributed by atoms with Gasteiger partial charge in [-0.1, -0.05) is 6.92 Å². The molecule has 1 aromatic heterocycles. The van der Waals surface area contributed by atoms with Gasteiger partial charge in [0.2, 0.25) is 0 Å². The molecule has 1 atom stereocenters. The number of ether oxygens (including phenoxy) is 2. The molecule has 0 aliphatic heterocycles. The van der Waals surface area contributed by atoms with Gasteiger partial charge in [0, 0.05) is 23.1 Å². The number of benzene rings is 1. The third kappa shape index (κ3) is 3.39. The van der Waals surface area contributed by atoms with E-state index in [1.54, 1.807) is 11.5 Å². The number of rotatable bonds is 6. The quantitative estimate of drug-likeness (QED) is 0.667. The number of alkyl halides is 3. The fourth-order valence-electron chi connectivity index (χ4n) is 3.50. The number of hydrogen-bond donors (Lipinski definition) is 0. The summed E-state index contributed by atoms with van der Waals surface area (Å²) in [7, 11) is 1.21. The van der Waals surface area contributed by atoms with E-state index in [2.05, 4.69) is 0 Å². The Hall–Kier alpha value is -2.18. The minimum absolute atomic E-state index is 0.252. The Labute approximate surface area is 150 Å². The van der Waals surface area contributed by atoms with Crippen molar-refractivity contribution in [3.05, 3.63) is 29.0 Å².